The number of ether oxygens (including phenoxy) is 3. The van der Waals surface area contributed by atoms with Crippen molar-refractivity contribution >= 4 is 5.91 Å². The van der Waals surface area contributed by atoms with Crippen LogP contribution in [0.15, 0.2) is 30.5 Å². The first-order valence-electron chi connectivity index (χ1n) is 7.72. The van der Waals surface area contributed by atoms with E-state index in [4.69, 9.17) is 19.9 Å². The topological polar surface area (TPSA) is 95.7 Å². The average molecular weight is 347 g/mol. The molecule has 1 aliphatic heterocycles. The van der Waals surface area contributed by atoms with Crippen molar-refractivity contribution in [2.45, 2.75) is 26.1 Å². The van der Waals surface area contributed by atoms with E-state index in [1.54, 1.807) is 19.1 Å². The van der Waals surface area contributed by atoms with E-state index in [9.17, 15) is 9.18 Å². The number of benzene rings is 1. The molecule has 2 heterocycles. The summed E-state index contributed by atoms with van der Waals surface area (Å²) < 4.78 is 30.2. The standard InChI is InChI=1S/C17H18FN3O4/c1-10(17(19)22)21-7-11-4-5-14(16-15(11)24-9-25-16)23-8-13-12(18)3-2-6-20-13/h2-6,10,21H,7-9H2,1H3,(H2,19,22)/t10-/m0/s1. The summed E-state index contributed by atoms with van der Waals surface area (Å²) in [5.74, 6) is 0.540. The van der Waals surface area contributed by atoms with E-state index in [0.29, 0.717) is 23.8 Å². The summed E-state index contributed by atoms with van der Waals surface area (Å²) in [6.45, 7) is 2.09. The summed E-state index contributed by atoms with van der Waals surface area (Å²) in [5.41, 5.74) is 6.24. The van der Waals surface area contributed by atoms with Crippen LogP contribution in [0.1, 0.15) is 18.2 Å². The van der Waals surface area contributed by atoms with Crippen LogP contribution in [0.3, 0.4) is 0 Å². The SMILES string of the molecule is C[C@H](NCc1ccc(OCc2ncccc2F)c2c1OCO2)C(N)=O. The molecule has 25 heavy (non-hydrogen) atoms. The molecule has 0 bridgehead atoms. The maximum atomic E-state index is 13.6. The monoisotopic (exact) mass is 347 g/mol. The van der Waals surface area contributed by atoms with Gasteiger partial charge in [0.05, 0.1) is 6.04 Å². The molecule has 7 nitrogen and oxygen atoms in total. The van der Waals surface area contributed by atoms with E-state index >= 15 is 0 Å². The van der Waals surface area contributed by atoms with E-state index < -0.39 is 17.8 Å². The average Bonchev–Trinajstić information content (AvgIpc) is 3.09. The summed E-state index contributed by atoms with van der Waals surface area (Å²) in [4.78, 5) is 15.0. The number of pyridine rings is 1. The Bertz CT molecular complexity index is 784. The van der Waals surface area contributed by atoms with Crippen molar-refractivity contribution in [1.29, 1.82) is 0 Å². The Kier molecular flexibility index (Phi) is 4.99. The molecule has 8 heteroatoms. The third-order valence-corrected chi connectivity index (χ3v) is 3.79. The zero-order valence-electron chi connectivity index (χ0n) is 13.6. The molecule has 0 aliphatic carbocycles. The van der Waals surface area contributed by atoms with Gasteiger partial charge in [-0.2, -0.15) is 0 Å². The number of hydrogen-bond donors (Lipinski definition) is 2. The summed E-state index contributed by atoms with van der Waals surface area (Å²) in [5, 5.41) is 3.00. The second-order valence-electron chi connectivity index (χ2n) is 5.51. The van der Waals surface area contributed by atoms with E-state index in [2.05, 4.69) is 10.3 Å². The van der Waals surface area contributed by atoms with Gasteiger partial charge in [0.25, 0.3) is 0 Å². The molecule has 1 aliphatic rings. The van der Waals surface area contributed by atoms with Crippen molar-refractivity contribution in [3.05, 3.63) is 47.5 Å². The van der Waals surface area contributed by atoms with E-state index in [-0.39, 0.29) is 19.1 Å². The zero-order valence-corrected chi connectivity index (χ0v) is 13.6. The van der Waals surface area contributed by atoms with Crippen molar-refractivity contribution in [2.75, 3.05) is 6.79 Å². The predicted molar refractivity (Wildman–Crippen MR) is 86.6 cm³/mol. The Morgan fingerprint density at radius 3 is 2.96 bits per heavy atom. The van der Waals surface area contributed by atoms with Crippen molar-refractivity contribution in [2.24, 2.45) is 5.73 Å². The minimum atomic E-state index is -0.471. The Balaban J connectivity index is 1.73. The third kappa shape index (κ3) is 3.80. The molecule has 1 aromatic carbocycles. The van der Waals surface area contributed by atoms with Gasteiger partial charge in [0.2, 0.25) is 18.4 Å². The van der Waals surface area contributed by atoms with Crippen LogP contribution in [-0.2, 0) is 17.9 Å². The lowest BCUT2D eigenvalue weighted by Gasteiger charge is -2.13. The maximum Gasteiger partial charge on any atom is 0.234 e. The lowest BCUT2D eigenvalue weighted by Crippen LogP contribution is -2.38. The fourth-order valence-electron chi connectivity index (χ4n) is 2.31. The van der Waals surface area contributed by atoms with Gasteiger partial charge in [0.1, 0.15) is 18.1 Å². The Labute approximate surface area is 143 Å². The van der Waals surface area contributed by atoms with Crippen LogP contribution < -0.4 is 25.3 Å². The Morgan fingerprint density at radius 2 is 2.20 bits per heavy atom. The van der Waals surface area contributed by atoms with Crippen LogP contribution in [-0.4, -0.2) is 23.7 Å². The second-order valence-corrected chi connectivity index (χ2v) is 5.51. The lowest BCUT2D eigenvalue weighted by atomic mass is 10.1. The number of nitrogens with two attached hydrogens (primary N) is 1. The van der Waals surface area contributed by atoms with Crippen molar-refractivity contribution in [1.82, 2.24) is 10.3 Å². The van der Waals surface area contributed by atoms with Crippen LogP contribution >= 0.6 is 0 Å². The summed E-state index contributed by atoms with van der Waals surface area (Å²) in [6.07, 6.45) is 1.50. The Hall–Kier alpha value is -2.87. The highest BCUT2D eigenvalue weighted by Crippen LogP contribution is 2.43. The van der Waals surface area contributed by atoms with E-state index in [1.807, 2.05) is 0 Å². The van der Waals surface area contributed by atoms with Gasteiger partial charge in [-0.15, -0.1) is 0 Å². The highest BCUT2D eigenvalue weighted by molar-refractivity contribution is 5.79. The molecule has 1 atom stereocenters. The fourth-order valence-corrected chi connectivity index (χ4v) is 2.31. The fraction of sp³-hybridized carbons (Fsp3) is 0.294. The van der Waals surface area contributed by atoms with Gasteiger partial charge in [-0.25, -0.2) is 4.39 Å². The maximum absolute atomic E-state index is 13.6. The van der Waals surface area contributed by atoms with Crippen LogP contribution in [0.4, 0.5) is 4.39 Å². The first-order chi connectivity index (χ1) is 12.1. The first kappa shape index (κ1) is 17.0. The number of carbonyl (C=O) groups is 1. The molecular weight excluding hydrogens is 329 g/mol. The quantitative estimate of drug-likeness (QED) is 0.788. The van der Waals surface area contributed by atoms with E-state index in [1.165, 1.54) is 18.3 Å². The number of primary amides is 1. The molecule has 0 unspecified atom stereocenters. The summed E-state index contributed by atoms with van der Waals surface area (Å²) in [6, 6.07) is 5.87. The lowest BCUT2D eigenvalue weighted by molar-refractivity contribution is -0.119. The first-order valence-corrected chi connectivity index (χ1v) is 7.72. The van der Waals surface area contributed by atoms with Crippen molar-refractivity contribution < 1.29 is 23.4 Å². The zero-order chi connectivity index (χ0) is 17.8. The number of amides is 1. The highest BCUT2D eigenvalue weighted by Gasteiger charge is 2.23. The van der Waals surface area contributed by atoms with Gasteiger partial charge >= 0.3 is 0 Å². The molecule has 3 N–H and O–H groups in total. The summed E-state index contributed by atoms with van der Waals surface area (Å²) in [7, 11) is 0. The number of aromatic nitrogens is 1. The third-order valence-electron chi connectivity index (χ3n) is 3.79. The molecule has 3 rings (SSSR count). The van der Waals surface area contributed by atoms with Crippen LogP contribution in [0.2, 0.25) is 0 Å². The summed E-state index contributed by atoms with van der Waals surface area (Å²) >= 11 is 0. The smallest absolute Gasteiger partial charge is 0.234 e. The molecule has 132 valence electrons. The minimum Gasteiger partial charge on any atom is -0.483 e. The molecule has 2 aromatic rings. The normalized spacial score (nSPS) is 13.5. The molecule has 1 amide bonds. The van der Waals surface area contributed by atoms with E-state index in [0.717, 1.165) is 5.56 Å². The molecule has 0 radical (unpaired) electrons. The number of fused-ring (bicyclic) bond motifs is 1. The van der Waals surface area contributed by atoms with Crippen LogP contribution in [0.25, 0.3) is 0 Å². The van der Waals surface area contributed by atoms with Gasteiger partial charge in [0.15, 0.2) is 11.5 Å². The number of nitrogens with one attached hydrogen (secondary N) is 1. The molecule has 0 saturated heterocycles. The minimum absolute atomic E-state index is 0.0290. The number of hydrogen-bond acceptors (Lipinski definition) is 6. The molecular formula is C17H18FN3O4. The van der Waals surface area contributed by atoms with Crippen LogP contribution in [0.5, 0.6) is 17.2 Å². The van der Waals surface area contributed by atoms with Gasteiger partial charge in [-0.1, -0.05) is 6.07 Å². The largest absolute Gasteiger partial charge is 0.483 e. The van der Waals surface area contributed by atoms with Crippen molar-refractivity contribution in [3.63, 3.8) is 0 Å². The number of rotatable bonds is 7. The van der Waals surface area contributed by atoms with Crippen molar-refractivity contribution in [3.8, 4) is 17.2 Å². The van der Waals surface area contributed by atoms with Gasteiger partial charge in [0, 0.05) is 18.3 Å². The van der Waals surface area contributed by atoms with Gasteiger partial charge in [-0.3, -0.25) is 9.78 Å². The second kappa shape index (κ2) is 7.35. The number of halogens is 1. The number of nitrogens with zero attached hydrogens (tertiary/aromatic N) is 1. The van der Waals surface area contributed by atoms with Gasteiger partial charge < -0.3 is 25.3 Å². The Morgan fingerprint density at radius 1 is 1.40 bits per heavy atom. The highest BCUT2D eigenvalue weighted by atomic mass is 19.1. The predicted octanol–water partition coefficient (Wildman–Crippen LogP) is 1.49. The van der Waals surface area contributed by atoms with Crippen LogP contribution in [0, 0.1) is 5.82 Å². The van der Waals surface area contributed by atoms with Gasteiger partial charge in [-0.05, 0) is 25.1 Å². The molecule has 1 aromatic heterocycles. The number of carbonyl (C=O) groups excluding carboxylic acids is 1. The molecule has 0 fully saturated rings. The molecule has 0 saturated carbocycles. The molecule has 0 spiro atoms.